The van der Waals surface area contributed by atoms with Crippen molar-refractivity contribution in [1.29, 1.82) is 0 Å². The number of benzene rings is 1. The molecule has 7 heteroatoms. The van der Waals surface area contributed by atoms with Gasteiger partial charge in [-0.25, -0.2) is 8.78 Å². The maximum atomic E-state index is 14.3. The minimum Gasteiger partial charge on any atom is -0.314 e. The first-order valence-electron chi connectivity index (χ1n) is 7.72. The maximum Gasteiger partial charge on any atom is 0.132 e. The summed E-state index contributed by atoms with van der Waals surface area (Å²) in [6.07, 6.45) is 3.94. The van der Waals surface area contributed by atoms with Gasteiger partial charge in [-0.05, 0) is 18.6 Å². The number of nitrogens with zero attached hydrogens (tertiary/aromatic N) is 1. The van der Waals surface area contributed by atoms with Crippen LogP contribution in [0, 0.1) is 11.6 Å². The molecule has 1 atom stereocenters. The Balaban J connectivity index is 0.00000242. The Morgan fingerprint density at radius 2 is 1.70 bits per heavy atom. The quantitative estimate of drug-likeness (QED) is 0.690. The van der Waals surface area contributed by atoms with Gasteiger partial charge in [-0.2, -0.15) is 0 Å². The number of piperazine rings is 1. The minimum atomic E-state index is -0.528. The predicted octanol–water partition coefficient (Wildman–Crippen LogP) is 4.99. The Bertz CT molecular complexity index is 446. The summed E-state index contributed by atoms with van der Waals surface area (Å²) < 4.78 is 28.5. The molecule has 0 radical (unpaired) electrons. The van der Waals surface area contributed by atoms with Gasteiger partial charge in [0.1, 0.15) is 11.6 Å². The standard InChI is InChI=1S/C16H23ClF2N2.2ClH/c1-2-3-4-5-15(21-8-6-20-7-9-21)16-13(18)10-12(17)11-14(16)19;;/h10-11,15,20H,2-9H2,1H3;2*1H/t15-;;/m1../s1. The SMILES string of the molecule is CCCCC[C@H](c1c(F)cc(Cl)cc1F)N1CCNCC1.Cl.Cl. The van der Waals surface area contributed by atoms with Gasteiger partial charge in [0, 0.05) is 42.8 Å². The van der Waals surface area contributed by atoms with Gasteiger partial charge >= 0.3 is 0 Å². The molecule has 2 nitrogen and oxygen atoms in total. The van der Waals surface area contributed by atoms with Crippen LogP contribution in [0.25, 0.3) is 0 Å². The van der Waals surface area contributed by atoms with E-state index in [1.165, 1.54) is 12.1 Å². The monoisotopic (exact) mass is 388 g/mol. The predicted molar refractivity (Wildman–Crippen MR) is 97.2 cm³/mol. The third-order valence-electron chi connectivity index (χ3n) is 4.05. The van der Waals surface area contributed by atoms with E-state index in [-0.39, 0.29) is 41.4 Å². The molecule has 1 aliphatic rings. The molecule has 1 heterocycles. The van der Waals surface area contributed by atoms with Crippen molar-refractivity contribution in [2.24, 2.45) is 0 Å². The lowest BCUT2D eigenvalue weighted by Gasteiger charge is -2.35. The molecule has 23 heavy (non-hydrogen) atoms. The Morgan fingerprint density at radius 3 is 2.22 bits per heavy atom. The molecule has 0 saturated carbocycles. The van der Waals surface area contributed by atoms with Crippen molar-refractivity contribution in [2.45, 2.75) is 38.6 Å². The van der Waals surface area contributed by atoms with E-state index in [0.717, 1.165) is 51.9 Å². The van der Waals surface area contributed by atoms with Gasteiger partial charge in [-0.3, -0.25) is 4.90 Å². The van der Waals surface area contributed by atoms with E-state index in [0.29, 0.717) is 0 Å². The van der Waals surface area contributed by atoms with E-state index >= 15 is 0 Å². The maximum absolute atomic E-state index is 14.3. The van der Waals surface area contributed by atoms with Crippen LogP contribution in [0.1, 0.15) is 44.2 Å². The molecule has 0 spiro atoms. The van der Waals surface area contributed by atoms with Crippen molar-refractivity contribution in [2.75, 3.05) is 26.2 Å². The molecule has 1 fully saturated rings. The summed E-state index contributed by atoms with van der Waals surface area (Å²) in [5, 5.41) is 3.39. The van der Waals surface area contributed by atoms with E-state index < -0.39 is 11.6 Å². The lowest BCUT2D eigenvalue weighted by Crippen LogP contribution is -2.45. The Hall–Kier alpha value is -0.130. The molecule has 0 amide bonds. The highest BCUT2D eigenvalue weighted by Gasteiger charge is 2.27. The summed E-state index contributed by atoms with van der Waals surface area (Å²) in [4.78, 5) is 2.18. The summed E-state index contributed by atoms with van der Waals surface area (Å²) in [6.45, 7) is 5.49. The molecule has 0 unspecified atom stereocenters. The molecule has 0 aromatic heterocycles. The first-order valence-corrected chi connectivity index (χ1v) is 8.10. The van der Waals surface area contributed by atoms with Crippen LogP contribution in [-0.4, -0.2) is 31.1 Å². The summed E-state index contributed by atoms with van der Waals surface area (Å²) in [5.74, 6) is -1.06. The van der Waals surface area contributed by atoms with Crippen LogP contribution in [0.15, 0.2) is 12.1 Å². The van der Waals surface area contributed by atoms with Crippen LogP contribution >= 0.6 is 36.4 Å². The van der Waals surface area contributed by atoms with Crippen LogP contribution in [0.2, 0.25) is 5.02 Å². The summed E-state index contributed by atoms with van der Waals surface area (Å²) >= 11 is 5.74. The lowest BCUT2D eigenvalue weighted by molar-refractivity contribution is 0.156. The normalized spacial score (nSPS) is 16.3. The van der Waals surface area contributed by atoms with Gasteiger partial charge in [-0.1, -0.05) is 37.8 Å². The average Bonchev–Trinajstić information content (AvgIpc) is 2.45. The summed E-state index contributed by atoms with van der Waals surface area (Å²) in [5.41, 5.74) is 0.178. The summed E-state index contributed by atoms with van der Waals surface area (Å²) in [7, 11) is 0. The molecular formula is C16H25Cl3F2N2. The smallest absolute Gasteiger partial charge is 0.132 e. The number of hydrogen-bond donors (Lipinski definition) is 1. The molecular weight excluding hydrogens is 365 g/mol. The lowest BCUT2D eigenvalue weighted by atomic mass is 9.97. The van der Waals surface area contributed by atoms with E-state index in [1.807, 2.05) is 0 Å². The first-order chi connectivity index (χ1) is 10.1. The molecule has 1 aromatic carbocycles. The van der Waals surface area contributed by atoms with Crippen molar-refractivity contribution in [3.63, 3.8) is 0 Å². The Labute approximate surface area is 154 Å². The number of hydrogen-bond acceptors (Lipinski definition) is 2. The molecule has 1 aliphatic heterocycles. The van der Waals surface area contributed by atoms with Gasteiger partial charge in [0.15, 0.2) is 0 Å². The molecule has 2 rings (SSSR count). The fraction of sp³-hybridized carbons (Fsp3) is 0.625. The van der Waals surface area contributed by atoms with Gasteiger partial charge in [0.05, 0.1) is 0 Å². The van der Waals surface area contributed by atoms with Crippen molar-refractivity contribution >= 4 is 36.4 Å². The van der Waals surface area contributed by atoms with Gasteiger partial charge in [0.2, 0.25) is 0 Å². The number of unbranched alkanes of at least 4 members (excludes halogenated alkanes) is 2. The zero-order valence-corrected chi connectivity index (χ0v) is 15.7. The zero-order chi connectivity index (χ0) is 15.2. The highest BCUT2D eigenvalue weighted by molar-refractivity contribution is 6.30. The van der Waals surface area contributed by atoms with Crippen molar-refractivity contribution in [3.8, 4) is 0 Å². The largest absolute Gasteiger partial charge is 0.314 e. The Kier molecular flexibility index (Phi) is 11.4. The van der Waals surface area contributed by atoms with E-state index in [9.17, 15) is 8.78 Å². The van der Waals surface area contributed by atoms with Crippen LogP contribution in [0.3, 0.4) is 0 Å². The molecule has 1 aromatic rings. The van der Waals surface area contributed by atoms with Crippen molar-refractivity contribution in [1.82, 2.24) is 10.2 Å². The number of rotatable bonds is 6. The molecule has 1 N–H and O–H groups in total. The topological polar surface area (TPSA) is 15.3 Å². The third kappa shape index (κ3) is 6.35. The fourth-order valence-corrected chi connectivity index (χ4v) is 3.15. The number of halogens is 5. The molecule has 0 aliphatic carbocycles. The van der Waals surface area contributed by atoms with Gasteiger partial charge in [-0.15, -0.1) is 24.8 Å². The van der Waals surface area contributed by atoms with Gasteiger partial charge < -0.3 is 5.32 Å². The highest BCUT2D eigenvalue weighted by Crippen LogP contribution is 2.32. The van der Waals surface area contributed by atoms with Crippen LogP contribution in [-0.2, 0) is 0 Å². The average molecular weight is 390 g/mol. The van der Waals surface area contributed by atoms with Gasteiger partial charge in [0.25, 0.3) is 0 Å². The molecule has 134 valence electrons. The molecule has 0 bridgehead atoms. The van der Waals surface area contributed by atoms with Crippen molar-refractivity contribution in [3.05, 3.63) is 34.4 Å². The first kappa shape index (κ1) is 22.9. The second-order valence-electron chi connectivity index (χ2n) is 5.58. The fourth-order valence-electron chi connectivity index (χ4n) is 2.96. The third-order valence-corrected chi connectivity index (χ3v) is 4.27. The van der Waals surface area contributed by atoms with Crippen LogP contribution in [0.4, 0.5) is 8.78 Å². The van der Waals surface area contributed by atoms with Crippen LogP contribution < -0.4 is 5.32 Å². The zero-order valence-electron chi connectivity index (χ0n) is 13.3. The van der Waals surface area contributed by atoms with E-state index in [1.54, 1.807) is 0 Å². The summed E-state index contributed by atoms with van der Waals surface area (Å²) in [6, 6.07) is 2.24. The van der Waals surface area contributed by atoms with E-state index in [2.05, 4.69) is 17.1 Å². The second-order valence-corrected chi connectivity index (χ2v) is 6.02. The number of nitrogens with one attached hydrogen (secondary N) is 1. The van der Waals surface area contributed by atoms with Crippen LogP contribution in [0.5, 0.6) is 0 Å². The minimum absolute atomic E-state index is 0. The van der Waals surface area contributed by atoms with Crippen molar-refractivity contribution < 1.29 is 8.78 Å². The second kappa shape index (κ2) is 11.4. The van der Waals surface area contributed by atoms with E-state index in [4.69, 9.17) is 11.6 Å². The molecule has 1 saturated heterocycles. The highest BCUT2D eigenvalue weighted by atomic mass is 35.5. The Morgan fingerprint density at radius 1 is 1.13 bits per heavy atom.